The number of thiazole rings is 1. The average molecular weight is 345 g/mol. The molecule has 24 heavy (non-hydrogen) atoms. The minimum atomic E-state index is -0.479. The Hall–Kier alpha value is -2.54. The van der Waals surface area contributed by atoms with Crippen LogP contribution in [0.15, 0.2) is 35.3 Å². The van der Waals surface area contributed by atoms with E-state index in [4.69, 9.17) is 4.74 Å². The van der Waals surface area contributed by atoms with E-state index in [1.807, 2.05) is 5.38 Å². The van der Waals surface area contributed by atoms with E-state index in [0.29, 0.717) is 35.1 Å². The van der Waals surface area contributed by atoms with Crippen molar-refractivity contribution in [3.05, 3.63) is 52.4 Å². The van der Waals surface area contributed by atoms with Crippen LogP contribution in [0, 0.1) is 5.82 Å². The molecule has 5 nitrogen and oxygen atoms in total. The standard InChI is InChI=1S/C17H16FN3O2S/c1-2-23-17(22)14-8-20-15-4-3-11(18)7-13(15)16(14)19-6-5-12-9-24-10-21-12/h3-4,7-10H,2,5-6H2,1H3,(H,19,20). The fourth-order valence-corrected chi connectivity index (χ4v) is 2.99. The molecule has 0 spiro atoms. The third kappa shape index (κ3) is 3.51. The Morgan fingerprint density at radius 3 is 3.00 bits per heavy atom. The Morgan fingerprint density at radius 1 is 1.38 bits per heavy atom. The number of esters is 1. The molecule has 0 saturated carbocycles. The molecular formula is C17H16FN3O2S. The van der Waals surface area contributed by atoms with Crippen molar-refractivity contribution in [3.8, 4) is 0 Å². The third-order valence-corrected chi connectivity index (χ3v) is 4.13. The maximum absolute atomic E-state index is 13.7. The lowest BCUT2D eigenvalue weighted by Gasteiger charge is -2.13. The predicted octanol–water partition coefficient (Wildman–Crippen LogP) is 3.66. The molecule has 2 aromatic heterocycles. The fourth-order valence-electron chi connectivity index (χ4n) is 2.40. The summed E-state index contributed by atoms with van der Waals surface area (Å²) in [6, 6.07) is 4.31. The van der Waals surface area contributed by atoms with Crippen molar-refractivity contribution in [3.63, 3.8) is 0 Å². The van der Waals surface area contributed by atoms with E-state index in [1.54, 1.807) is 18.5 Å². The van der Waals surface area contributed by atoms with E-state index in [0.717, 1.165) is 5.69 Å². The highest BCUT2D eigenvalue weighted by atomic mass is 32.1. The van der Waals surface area contributed by atoms with Gasteiger partial charge in [0.1, 0.15) is 11.4 Å². The number of rotatable bonds is 6. The lowest BCUT2D eigenvalue weighted by Crippen LogP contribution is -2.13. The summed E-state index contributed by atoms with van der Waals surface area (Å²) in [6.07, 6.45) is 2.16. The molecule has 0 bridgehead atoms. The zero-order valence-electron chi connectivity index (χ0n) is 13.1. The van der Waals surface area contributed by atoms with Gasteiger partial charge in [-0.05, 0) is 25.1 Å². The van der Waals surface area contributed by atoms with Gasteiger partial charge in [-0.2, -0.15) is 0 Å². The molecule has 0 atom stereocenters. The monoisotopic (exact) mass is 345 g/mol. The van der Waals surface area contributed by atoms with E-state index in [1.165, 1.54) is 29.7 Å². The maximum atomic E-state index is 13.7. The van der Waals surface area contributed by atoms with Crippen LogP contribution in [0.2, 0.25) is 0 Å². The SMILES string of the molecule is CCOC(=O)c1cnc2ccc(F)cc2c1NCCc1cscn1. The van der Waals surface area contributed by atoms with Gasteiger partial charge >= 0.3 is 5.97 Å². The quantitative estimate of drug-likeness (QED) is 0.691. The largest absolute Gasteiger partial charge is 0.462 e. The molecule has 0 aliphatic heterocycles. The molecule has 0 aliphatic carbocycles. The minimum absolute atomic E-state index is 0.262. The number of halogens is 1. The van der Waals surface area contributed by atoms with Gasteiger partial charge in [0.15, 0.2) is 0 Å². The summed E-state index contributed by atoms with van der Waals surface area (Å²) < 4.78 is 18.7. The summed E-state index contributed by atoms with van der Waals surface area (Å²) in [4.78, 5) is 20.6. The van der Waals surface area contributed by atoms with Crippen LogP contribution in [0.5, 0.6) is 0 Å². The van der Waals surface area contributed by atoms with E-state index < -0.39 is 5.97 Å². The van der Waals surface area contributed by atoms with Crippen molar-refractivity contribution in [2.45, 2.75) is 13.3 Å². The van der Waals surface area contributed by atoms with Crippen molar-refractivity contribution in [2.75, 3.05) is 18.5 Å². The first-order valence-corrected chi connectivity index (χ1v) is 8.49. The number of hydrogen-bond donors (Lipinski definition) is 1. The first-order chi connectivity index (χ1) is 11.7. The number of anilines is 1. The number of fused-ring (bicyclic) bond motifs is 1. The van der Waals surface area contributed by atoms with Crippen LogP contribution in [-0.2, 0) is 11.2 Å². The van der Waals surface area contributed by atoms with Crippen LogP contribution in [0.1, 0.15) is 23.0 Å². The number of ether oxygens (including phenoxy) is 1. The number of carbonyl (C=O) groups is 1. The summed E-state index contributed by atoms with van der Waals surface area (Å²) in [5.74, 6) is -0.861. The van der Waals surface area contributed by atoms with Crippen molar-refractivity contribution < 1.29 is 13.9 Å². The smallest absolute Gasteiger partial charge is 0.341 e. The van der Waals surface area contributed by atoms with Gasteiger partial charge in [-0.1, -0.05) is 0 Å². The zero-order valence-corrected chi connectivity index (χ0v) is 13.9. The number of nitrogens with one attached hydrogen (secondary N) is 1. The molecule has 7 heteroatoms. The molecular weight excluding hydrogens is 329 g/mol. The molecule has 124 valence electrons. The molecule has 0 amide bonds. The van der Waals surface area contributed by atoms with Crippen molar-refractivity contribution in [1.82, 2.24) is 9.97 Å². The number of nitrogens with zero attached hydrogens (tertiary/aromatic N) is 2. The van der Waals surface area contributed by atoms with Crippen molar-refractivity contribution in [2.24, 2.45) is 0 Å². The van der Waals surface area contributed by atoms with E-state index in [9.17, 15) is 9.18 Å². The Balaban J connectivity index is 1.94. The molecule has 1 N–H and O–H groups in total. The molecule has 0 radical (unpaired) electrons. The molecule has 0 unspecified atom stereocenters. The molecule has 0 aliphatic rings. The Morgan fingerprint density at radius 2 is 2.25 bits per heavy atom. The first kappa shape index (κ1) is 16.3. The van der Waals surface area contributed by atoms with Crippen LogP contribution < -0.4 is 5.32 Å². The lowest BCUT2D eigenvalue weighted by molar-refractivity contribution is 0.0527. The van der Waals surface area contributed by atoms with Crippen LogP contribution >= 0.6 is 11.3 Å². The molecule has 3 aromatic rings. The van der Waals surface area contributed by atoms with Gasteiger partial charge in [-0.25, -0.2) is 14.2 Å². The average Bonchev–Trinajstić information content (AvgIpc) is 3.08. The van der Waals surface area contributed by atoms with Crippen molar-refractivity contribution >= 4 is 33.9 Å². The molecule has 0 fully saturated rings. The van der Waals surface area contributed by atoms with E-state index in [-0.39, 0.29) is 12.4 Å². The number of benzene rings is 1. The maximum Gasteiger partial charge on any atom is 0.341 e. The Bertz CT molecular complexity index is 852. The second kappa shape index (κ2) is 7.35. The molecule has 1 aromatic carbocycles. The molecule has 3 rings (SSSR count). The molecule has 0 saturated heterocycles. The number of hydrogen-bond acceptors (Lipinski definition) is 6. The van der Waals surface area contributed by atoms with E-state index in [2.05, 4.69) is 15.3 Å². The van der Waals surface area contributed by atoms with Gasteiger partial charge in [-0.15, -0.1) is 11.3 Å². The summed E-state index contributed by atoms with van der Waals surface area (Å²) in [5, 5.41) is 5.74. The van der Waals surface area contributed by atoms with E-state index >= 15 is 0 Å². The molecule has 2 heterocycles. The lowest BCUT2D eigenvalue weighted by atomic mass is 10.1. The van der Waals surface area contributed by atoms with Crippen LogP contribution in [0.25, 0.3) is 10.9 Å². The third-order valence-electron chi connectivity index (χ3n) is 3.49. The predicted molar refractivity (Wildman–Crippen MR) is 92.0 cm³/mol. The highest BCUT2D eigenvalue weighted by Gasteiger charge is 2.17. The minimum Gasteiger partial charge on any atom is -0.462 e. The summed E-state index contributed by atoms with van der Waals surface area (Å²) in [6.45, 7) is 2.56. The number of pyridine rings is 1. The normalized spacial score (nSPS) is 10.8. The van der Waals surface area contributed by atoms with Gasteiger partial charge < -0.3 is 10.1 Å². The first-order valence-electron chi connectivity index (χ1n) is 7.55. The topological polar surface area (TPSA) is 64.1 Å². The number of aromatic nitrogens is 2. The highest BCUT2D eigenvalue weighted by molar-refractivity contribution is 7.07. The highest BCUT2D eigenvalue weighted by Crippen LogP contribution is 2.27. The Kier molecular flexibility index (Phi) is 5.00. The van der Waals surface area contributed by atoms with Gasteiger partial charge in [-0.3, -0.25) is 4.98 Å². The number of carbonyl (C=O) groups excluding carboxylic acids is 1. The van der Waals surface area contributed by atoms with Gasteiger partial charge in [0, 0.05) is 29.9 Å². The van der Waals surface area contributed by atoms with Crippen molar-refractivity contribution in [1.29, 1.82) is 0 Å². The Labute approximate surface area is 142 Å². The fraction of sp³-hybridized carbons (Fsp3) is 0.235. The summed E-state index contributed by atoms with van der Waals surface area (Å²) in [5.41, 5.74) is 4.19. The second-order valence-electron chi connectivity index (χ2n) is 5.09. The summed E-state index contributed by atoms with van der Waals surface area (Å²) >= 11 is 1.53. The van der Waals surface area contributed by atoms with Gasteiger partial charge in [0.2, 0.25) is 0 Å². The summed E-state index contributed by atoms with van der Waals surface area (Å²) in [7, 11) is 0. The second-order valence-corrected chi connectivity index (χ2v) is 5.80. The van der Waals surface area contributed by atoms with Crippen LogP contribution in [-0.4, -0.2) is 29.1 Å². The van der Waals surface area contributed by atoms with Crippen LogP contribution in [0.3, 0.4) is 0 Å². The zero-order chi connectivity index (χ0) is 16.9. The van der Waals surface area contributed by atoms with Gasteiger partial charge in [0.05, 0.1) is 29.0 Å². The van der Waals surface area contributed by atoms with Crippen LogP contribution in [0.4, 0.5) is 10.1 Å². The van der Waals surface area contributed by atoms with Gasteiger partial charge in [0.25, 0.3) is 0 Å².